The number of hydrazone groups is 1. The van der Waals surface area contributed by atoms with Crippen molar-refractivity contribution in [2.75, 3.05) is 5.43 Å². The minimum absolute atomic E-state index is 0.351. The molecule has 0 fully saturated rings. The Morgan fingerprint density at radius 3 is 2.71 bits per heavy atom. The van der Waals surface area contributed by atoms with E-state index in [0.29, 0.717) is 16.3 Å². The zero-order chi connectivity index (χ0) is 19.9. The average Bonchev–Trinajstić information content (AvgIpc) is 3.24. The molecule has 0 aliphatic rings. The SMILES string of the molecule is CC.Fc1cc(/C=N/Nc2ccnc3cc(Cl)ccc23)ccc1-n1ccnc1. The van der Waals surface area contributed by atoms with Gasteiger partial charge in [0.2, 0.25) is 0 Å². The van der Waals surface area contributed by atoms with Gasteiger partial charge in [0.1, 0.15) is 5.82 Å². The summed E-state index contributed by atoms with van der Waals surface area (Å²) in [5.41, 5.74) is 5.60. The van der Waals surface area contributed by atoms with Crippen molar-refractivity contribution < 1.29 is 4.39 Å². The molecule has 5 nitrogen and oxygen atoms in total. The molecule has 142 valence electrons. The van der Waals surface area contributed by atoms with Crippen molar-refractivity contribution in [2.24, 2.45) is 5.10 Å². The molecule has 0 aliphatic carbocycles. The fourth-order valence-corrected chi connectivity index (χ4v) is 2.78. The second-order valence-corrected chi connectivity index (χ2v) is 6.01. The predicted molar refractivity (Wildman–Crippen MR) is 113 cm³/mol. The summed E-state index contributed by atoms with van der Waals surface area (Å²) in [6.45, 7) is 4.00. The molecular weight excluding hydrogens is 377 g/mol. The van der Waals surface area contributed by atoms with E-state index in [-0.39, 0.29) is 5.82 Å². The number of nitrogens with zero attached hydrogens (tertiary/aromatic N) is 4. The lowest BCUT2D eigenvalue weighted by Crippen LogP contribution is -1.97. The molecule has 2 aromatic carbocycles. The fraction of sp³-hybridized carbons (Fsp3) is 0.0952. The second-order valence-electron chi connectivity index (χ2n) is 5.57. The van der Waals surface area contributed by atoms with Gasteiger partial charge in [0, 0.05) is 29.0 Å². The number of fused-ring (bicyclic) bond motifs is 1. The minimum Gasteiger partial charge on any atom is -0.303 e. The van der Waals surface area contributed by atoms with Gasteiger partial charge in [-0.3, -0.25) is 10.4 Å². The number of hydrogen-bond acceptors (Lipinski definition) is 4. The van der Waals surface area contributed by atoms with Gasteiger partial charge in [-0.1, -0.05) is 31.5 Å². The monoisotopic (exact) mass is 395 g/mol. The second kappa shape index (κ2) is 9.10. The van der Waals surface area contributed by atoms with Crippen LogP contribution in [0.1, 0.15) is 19.4 Å². The first-order valence-corrected chi connectivity index (χ1v) is 9.20. The standard InChI is InChI=1S/C19H13ClFN5.C2H6/c20-14-2-3-15-17(5-6-23-18(15)10-14)25-24-11-13-1-4-19(16(21)9-13)26-8-7-22-12-26;1-2/h1-12H,(H,23,25);1-2H3/b24-11+;. The van der Waals surface area contributed by atoms with Gasteiger partial charge in [0.15, 0.2) is 0 Å². The van der Waals surface area contributed by atoms with Crippen LogP contribution in [0.5, 0.6) is 0 Å². The van der Waals surface area contributed by atoms with Gasteiger partial charge in [-0.15, -0.1) is 0 Å². The fourth-order valence-electron chi connectivity index (χ4n) is 2.61. The summed E-state index contributed by atoms with van der Waals surface area (Å²) < 4.78 is 15.9. The number of rotatable bonds is 4. The molecule has 0 radical (unpaired) electrons. The summed E-state index contributed by atoms with van der Waals surface area (Å²) >= 11 is 5.99. The van der Waals surface area contributed by atoms with Crippen LogP contribution in [0.3, 0.4) is 0 Å². The van der Waals surface area contributed by atoms with Crippen molar-refractivity contribution in [2.45, 2.75) is 13.8 Å². The molecular formula is C21H19ClFN5. The van der Waals surface area contributed by atoms with Gasteiger partial charge in [-0.2, -0.15) is 5.10 Å². The van der Waals surface area contributed by atoms with Crippen molar-refractivity contribution in [3.63, 3.8) is 0 Å². The molecule has 2 heterocycles. The smallest absolute Gasteiger partial charge is 0.147 e. The summed E-state index contributed by atoms with van der Waals surface area (Å²) in [5.74, 6) is -0.351. The van der Waals surface area contributed by atoms with Crippen LogP contribution in [0, 0.1) is 5.82 Å². The Bertz CT molecular complexity index is 1090. The summed E-state index contributed by atoms with van der Waals surface area (Å²) in [6, 6.07) is 12.2. The first kappa shape index (κ1) is 19.5. The Hall–Kier alpha value is -3.25. The zero-order valence-electron chi connectivity index (χ0n) is 15.5. The molecule has 0 saturated carbocycles. The number of pyridine rings is 1. The maximum absolute atomic E-state index is 14.3. The Morgan fingerprint density at radius 2 is 1.96 bits per heavy atom. The third-order valence-electron chi connectivity index (χ3n) is 3.86. The van der Waals surface area contributed by atoms with E-state index in [1.165, 1.54) is 6.07 Å². The van der Waals surface area contributed by atoms with Gasteiger partial charge >= 0.3 is 0 Å². The number of nitrogens with one attached hydrogen (secondary N) is 1. The van der Waals surface area contributed by atoms with E-state index in [4.69, 9.17) is 11.6 Å². The highest BCUT2D eigenvalue weighted by Crippen LogP contribution is 2.24. The lowest BCUT2D eigenvalue weighted by Gasteiger charge is -2.06. The van der Waals surface area contributed by atoms with Gasteiger partial charge in [-0.05, 0) is 42.0 Å². The quantitative estimate of drug-likeness (QED) is 0.357. The topological polar surface area (TPSA) is 55.1 Å². The van der Waals surface area contributed by atoms with Crippen molar-refractivity contribution >= 4 is 34.4 Å². The van der Waals surface area contributed by atoms with Crippen LogP contribution in [-0.2, 0) is 0 Å². The van der Waals surface area contributed by atoms with Crippen molar-refractivity contribution in [1.29, 1.82) is 0 Å². The van der Waals surface area contributed by atoms with Crippen LogP contribution in [0.25, 0.3) is 16.6 Å². The van der Waals surface area contributed by atoms with Crippen LogP contribution in [0.15, 0.2) is 72.5 Å². The Balaban J connectivity index is 0.00000109. The molecule has 0 atom stereocenters. The normalized spacial score (nSPS) is 10.7. The van der Waals surface area contributed by atoms with E-state index in [2.05, 4.69) is 20.5 Å². The molecule has 4 aromatic rings. The van der Waals surface area contributed by atoms with Crippen molar-refractivity contribution in [3.8, 4) is 5.69 Å². The van der Waals surface area contributed by atoms with Crippen LogP contribution in [-0.4, -0.2) is 20.7 Å². The van der Waals surface area contributed by atoms with Crippen LogP contribution in [0.4, 0.5) is 10.1 Å². The molecule has 1 N–H and O–H groups in total. The van der Waals surface area contributed by atoms with E-state index in [9.17, 15) is 4.39 Å². The maximum atomic E-state index is 14.3. The number of benzene rings is 2. The molecule has 0 amide bonds. The first-order chi connectivity index (χ1) is 13.7. The van der Waals surface area contributed by atoms with Crippen LogP contribution >= 0.6 is 11.6 Å². The Kier molecular flexibility index (Phi) is 6.34. The highest BCUT2D eigenvalue weighted by molar-refractivity contribution is 6.31. The summed E-state index contributed by atoms with van der Waals surface area (Å²) in [7, 11) is 0. The van der Waals surface area contributed by atoms with Crippen LogP contribution in [0.2, 0.25) is 5.02 Å². The van der Waals surface area contributed by atoms with E-state index >= 15 is 0 Å². The molecule has 2 aromatic heterocycles. The molecule has 0 aliphatic heterocycles. The number of hydrogen-bond donors (Lipinski definition) is 1. The highest BCUT2D eigenvalue weighted by atomic mass is 35.5. The molecule has 28 heavy (non-hydrogen) atoms. The minimum atomic E-state index is -0.351. The van der Waals surface area contributed by atoms with Crippen molar-refractivity contribution in [3.05, 3.63) is 83.8 Å². The van der Waals surface area contributed by atoms with E-state index < -0.39 is 0 Å². The molecule has 7 heteroatoms. The van der Waals surface area contributed by atoms with Gasteiger partial charge < -0.3 is 4.57 Å². The summed E-state index contributed by atoms with van der Waals surface area (Å²) in [6.07, 6.45) is 8.08. The van der Waals surface area contributed by atoms with Gasteiger partial charge in [0.05, 0.1) is 29.4 Å². The average molecular weight is 396 g/mol. The molecule has 0 spiro atoms. The van der Waals surface area contributed by atoms with E-state index in [1.807, 2.05) is 26.0 Å². The third-order valence-corrected chi connectivity index (χ3v) is 4.09. The maximum Gasteiger partial charge on any atom is 0.147 e. The number of aromatic nitrogens is 3. The van der Waals surface area contributed by atoms with Gasteiger partial charge in [0.25, 0.3) is 0 Å². The molecule has 4 rings (SSSR count). The Morgan fingerprint density at radius 1 is 1.11 bits per heavy atom. The predicted octanol–water partition coefficient (Wildman–Crippen LogP) is 5.69. The van der Waals surface area contributed by atoms with Gasteiger partial charge in [-0.25, -0.2) is 9.37 Å². The first-order valence-electron chi connectivity index (χ1n) is 8.82. The molecule has 0 saturated heterocycles. The summed E-state index contributed by atoms with van der Waals surface area (Å²) in [5, 5.41) is 5.72. The lowest BCUT2D eigenvalue weighted by atomic mass is 10.2. The van der Waals surface area contributed by atoms with E-state index in [0.717, 1.165) is 16.6 Å². The van der Waals surface area contributed by atoms with E-state index in [1.54, 1.807) is 60.0 Å². The number of imidazole rings is 1. The van der Waals surface area contributed by atoms with Crippen LogP contribution < -0.4 is 5.43 Å². The molecule has 0 bridgehead atoms. The van der Waals surface area contributed by atoms with Crippen molar-refractivity contribution in [1.82, 2.24) is 14.5 Å². The Labute approximate surface area is 167 Å². The third kappa shape index (κ3) is 4.35. The number of anilines is 1. The molecule has 0 unspecified atom stereocenters. The number of halogens is 2. The summed E-state index contributed by atoms with van der Waals surface area (Å²) in [4.78, 5) is 8.20. The zero-order valence-corrected chi connectivity index (χ0v) is 16.2. The highest BCUT2D eigenvalue weighted by Gasteiger charge is 2.05. The largest absolute Gasteiger partial charge is 0.303 e. The lowest BCUT2D eigenvalue weighted by molar-refractivity contribution is 0.618.